The third-order valence-corrected chi connectivity index (χ3v) is 8.23. The monoisotopic (exact) mass is 715 g/mol. The van der Waals surface area contributed by atoms with Crippen LogP contribution in [0.4, 0.5) is 0 Å². The zero-order valence-corrected chi connectivity index (χ0v) is 31.8. The first-order valence-corrected chi connectivity index (χ1v) is 19.7. The van der Waals surface area contributed by atoms with Crippen LogP contribution in [0, 0.1) is 0 Å². The van der Waals surface area contributed by atoms with Crippen molar-refractivity contribution >= 4 is 23.8 Å². The number of allylic oxidation sites excluding steroid dienone is 9. The molecule has 2 unspecified atom stereocenters. The van der Waals surface area contributed by atoms with Crippen molar-refractivity contribution < 1.29 is 34.1 Å². The van der Waals surface area contributed by atoms with Gasteiger partial charge in [-0.1, -0.05) is 126 Å². The molecular formula is C42H70N2O7. The molecule has 0 saturated heterocycles. The number of esters is 1. The third-order valence-electron chi connectivity index (χ3n) is 8.23. The van der Waals surface area contributed by atoms with Crippen LogP contribution in [0.15, 0.2) is 60.8 Å². The molecule has 0 aromatic carbocycles. The van der Waals surface area contributed by atoms with E-state index in [1.165, 1.54) is 32.1 Å². The summed E-state index contributed by atoms with van der Waals surface area (Å²) in [7, 11) is 0. The van der Waals surface area contributed by atoms with Gasteiger partial charge in [-0.2, -0.15) is 0 Å². The summed E-state index contributed by atoms with van der Waals surface area (Å²) in [5.74, 6) is -2.39. The molecule has 2 amide bonds. The number of hydrogen-bond acceptors (Lipinski definition) is 6. The molecule has 290 valence electrons. The van der Waals surface area contributed by atoms with E-state index >= 15 is 0 Å². The lowest BCUT2D eigenvalue weighted by Gasteiger charge is -2.14. The Morgan fingerprint density at radius 3 is 1.80 bits per heavy atom. The normalized spacial score (nSPS) is 13.2. The van der Waals surface area contributed by atoms with Gasteiger partial charge in [0.25, 0.3) is 0 Å². The minimum atomic E-state index is -1.39. The van der Waals surface area contributed by atoms with Crippen molar-refractivity contribution in [1.82, 2.24) is 10.6 Å². The number of amides is 2. The summed E-state index contributed by atoms with van der Waals surface area (Å²) in [6.07, 6.45) is 42.7. The van der Waals surface area contributed by atoms with Gasteiger partial charge in [0.1, 0.15) is 12.1 Å². The number of hydrogen-bond donors (Lipinski definition) is 4. The second kappa shape index (κ2) is 36.3. The molecule has 0 saturated carbocycles. The maximum Gasteiger partial charge on any atom is 0.328 e. The maximum atomic E-state index is 12.7. The Morgan fingerprint density at radius 2 is 1.18 bits per heavy atom. The zero-order valence-electron chi connectivity index (χ0n) is 31.8. The van der Waals surface area contributed by atoms with E-state index in [0.717, 1.165) is 89.9 Å². The van der Waals surface area contributed by atoms with Gasteiger partial charge in [0.15, 0.2) is 0 Å². The van der Waals surface area contributed by atoms with Crippen LogP contribution in [0.25, 0.3) is 0 Å². The number of carboxylic acid groups (broad SMARTS) is 1. The lowest BCUT2D eigenvalue weighted by Crippen LogP contribution is -2.47. The SMILES string of the molecule is CC/C=C\C/C=C\C/C=C\C(CCCCCCCCC(=O)NCC(=O)NC(CO)C(=O)O)OC(=O)CCCCCCC/C=C\C/C=C\CCCC. The minimum absolute atomic E-state index is 0.120. The number of aliphatic hydroxyl groups excluding tert-OH is 1. The first kappa shape index (κ1) is 47.5. The molecule has 0 fully saturated rings. The number of ether oxygens (including phenoxy) is 1. The summed E-state index contributed by atoms with van der Waals surface area (Å²) in [5.41, 5.74) is 0. The van der Waals surface area contributed by atoms with Gasteiger partial charge >= 0.3 is 11.9 Å². The average Bonchev–Trinajstić information content (AvgIpc) is 3.11. The van der Waals surface area contributed by atoms with Gasteiger partial charge in [0.05, 0.1) is 13.2 Å². The van der Waals surface area contributed by atoms with Crippen molar-refractivity contribution in [3.8, 4) is 0 Å². The summed E-state index contributed by atoms with van der Waals surface area (Å²) >= 11 is 0. The standard InChI is InChI=1S/C42H70N2O7/c1-3-5-7-9-11-13-14-15-16-17-18-20-26-30-34-41(48)51-37(31-27-23-19-12-10-8-6-4-2)32-28-24-21-22-25-29-33-39(46)43-35-40(47)44-38(36-45)42(49)50/h6,8-9,11-12,14-15,19,27,31,37-38,45H,3-5,7,10,13,16-18,20-26,28-30,32-36H2,1-2H3,(H,43,46)(H,44,47)(H,49,50)/b8-6-,11-9-,15-14-,19-12-,31-27-. The van der Waals surface area contributed by atoms with E-state index in [0.29, 0.717) is 12.8 Å². The van der Waals surface area contributed by atoms with Crippen LogP contribution >= 0.6 is 0 Å². The molecule has 9 nitrogen and oxygen atoms in total. The Kier molecular flexibility index (Phi) is 33.9. The number of carbonyl (C=O) groups is 4. The molecule has 0 aliphatic carbocycles. The number of carbonyl (C=O) groups excluding carboxylic acids is 3. The number of aliphatic hydroxyl groups is 1. The number of nitrogens with one attached hydrogen (secondary N) is 2. The molecule has 0 bridgehead atoms. The fraction of sp³-hybridized carbons (Fsp3) is 0.667. The van der Waals surface area contributed by atoms with Gasteiger partial charge in [-0.3, -0.25) is 14.4 Å². The highest BCUT2D eigenvalue weighted by molar-refractivity contribution is 5.87. The largest absolute Gasteiger partial charge is 0.480 e. The summed E-state index contributed by atoms with van der Waals surface area (Å²) < 4.78 is 5.88. The number of carboxylic acids is 1. The van der Waals surface area contributed by atoms with Gasteiger partial charge < -0.3 is 25.6 Å². The van der Waals surface area contributed by atoms with E-state index in [1.54, 1.807) is 0 Å². The second-order valence-electron chi connectivity index (χ2n) is 13.0. The Balaban J connectivity index is 4.32. The molecule has 0 aromatic rings. The van der Waals surface area contributed by atoms with Crippen molar-refractivity contribution in [2.75, 3.05) is 13.2 Å². The van der Waals surface area contributed by atoms with Crippen LogP contribution in [0.5, 0.6) is 0 Å². The number of rotatable bonds is 34. The Bertz CT molecular complexity index is 1050. The van der Waals surface area contributed by atoms with Crippen molar-refractivity contribution in [3.63, 3.8) is 0 Å². The van der Waals surface area contributed by atoms with Gasteiger partial charge in [0, 0.05) is 12.8 Å². The molecule has 4 N–H and O–H groups in total. The average molecular weight is 715 g/mol. The van der Waals surface area contributed by atoms with E-state index in [2.05, 4.69) is 79.2 Å². The van der Waals surface area contributed by atoms with Crippen molar-refractivity contribution in [1.29, 1.82) is 0 Å². The molecule has 2 atom stereocenters. The van der Waals surface area contributed by atoms with Gasteiger partial charge in [0.2, 0.25) is 11.8 Å². The highest BCUT2D eigenvalue weighted by Gasteiger charge is 2.18. The van der Waals surface area contributed by atoms with Crippen LogP contribution in [0.2, 0.25) is 0 Å². The Morgan fingerprint density at radius 1 is 0.627 bits per heavy atom. The molecule has 0 heterocycles. The molecule has 51 heavy (non-hydrogen) atoms. The quantitative estimate of drug-likeness (QED) is 0.0296. The van der Waals surface area contributed by atoms with Crippen LogP contribution in [0.1, 0.15) is 155 Å². The van der Waals surface area contributed by atoms with Crippen LogP contribution in [-0.4, -0.2) is 59.3 Å². The predicted molar refractivity (Wildman–Crippen MR) is 208 cm³/mol. The molecule has 0 aromatic heterocycles. The molecule has 9 heteroatoms. The van der Waals surface area contributed by atoms with E-state index < -0.39 is 24.5 Å². The lowest BCUT2D eigenvalue weighted by atomic mass is 10.1. The van der Waals surface area contributed by atoms with Crippen LogP contribution in [-0.2, 0) is 23.9 Å². The first-order valence-electron chi connectivity index (χ1n) is 19.7. The summed E-state index contributed by atoms with van der Waals surface area (Å²) in [5, 5.41) is 22.5. The van der Waals surface area contributed by atoms with Gasteiger partial charge in [-0.15, -0.1) is 0 Å². The highest BCUT2D eigenvalue weighted by atomic mass is 16.5. The van der Waals surface area contributed by atoms with Gasteiger partial charge in [-0.05, 0) is 76.7 Å². The van der Waals surface area contributed by atoms with E-state index in [-0.39, 0.29) is 30.9 Å². The Hall–Kier alpha value is -3.46. The fourth-order valence-corrected chi connectivity index (χ4v) is 5.19. The number of unbranched alkanes of at least 4 members (excludes halogenated alkanes) is 12. The van der Waals surface area contributed by atoms with Crippen molar-refractivity contribution in [2.45, 2.75) is 167 Å². The van der Waals surface area contributed by atoms with Crippen molar-refractivity contribution in [3.05, 3.63) is 60.8 Å². The van der Waals surface area contributed by atoms with E-state index in [4.69, 9.17) is 14.9 Å². The molecule has 0 aliphatic rings. The molecular weight excluding hydrogens is 644 g/mol. The summed E-state index contributed by atoms with van der Waals surface area (Å²) in [6.45, 7) is 3.29. The first-order chi connectivity index (χ1) is 24.8. The van der Waals surface area contributed by atoms with Crippen LogP contribution < -0.4 is 10.6 Å². The smallest absolute Gasteiger partial charge is 0.328 e. The lowest BCUT2D eigenvalue weighted by molar-refractivity contribution is -0.147. The fourth-order valence-electron chi connectivity index (χ4n) is 5.19. The third kappa shape index (κ3) is 33.4. The maximum absolute atomic E-state index is 12.7. The summed E-state index contributed by atoms with van der Waals surface area (Å²) in [6, 6.07) is -1.39. The molecule has 0 radical (unpaired) electrons. The number of aliphatic carboxylic acids is 1. The van der Waals surface area contributed by atoms with E-state index in [9.17, 15) is 19.2 Å². The predicted octanol–water partition coefficient (Wildman–Crippen LogP) is 8.98. The molecule has 0 aliphatic heterocycles. The minimum Gasteiger partial charge on any atom is -0.480 e. The molecule has 0 rings (SSSR count). The highest BCUT2D eigenvalue weighted by Crippen LogP contribution is 2.15. The summed E-state index contributed by atoms with van der Waals surface area (Å²) in [4.78, 5) is 47.3. The van der Waals surface area contributed by atoms with Crippen molar-refractivity contribution in [2.24, 2.45) is 0 Å². The van der Waals surface area contributed by atoms with Gasteiger partial charge in [-0.25, -0.2) is 4.79 Å². The van der Waals surface area contributed by atoms with Crippen LogP contribution in [0.3, 0.4) is 0 Å². The Labute approximate surface area is 309 Å². The topological polar surface area (TPSA) is 142 Å². The zero-order chi connectivity index (χ0) is 37.6. The second-order valence-corrected chi connectivity index (χ2v) is 13.0. The van der Waals surface area contributed by atoms with E-state index in [1.807, 2.05) is 6.08 Å². The molecule has 0 spiro atoms.